The summed E-state index contributed by atoms with van der Waals surface area (Å²) in [6, 6.07) is 14.5. The predicted molar refractivity (Wildman–Crippen MR) is 90.4 cm³/mol. The molecule has 112 valence electrons. The molecule has 2 nitrogen and oxygen atoms in total. The van der Waals surface area contributed by atoms with Gasteiger partial charge in [-0.3, -0.25) is 4.79 Å². The highest BCUT2D eigenvalue weighted by molar-refractivity contribution is 6.08. The molecule has 3 aromatic rings. The van der Waals surface area contributed by atoms with Crippen LogP contribution in [0, 0.1) is 6.92 Å². The number of hydrogen-bond acceptors (Lipinski definition) is 2. The van der Waals surface area contributed by atoms with E-state index < -0.39 is 0 Å². The molecule has 0 unspecified atom stereocenters. The van der Waals surface area contributed by atoms with Crippen LogP contribution >= 0.6 is 0 Å². The average molecular weight is 292 g/mol. The first kappa shape index (κ1) is 14.6. The minimum Gasteiger partial charge on any atom is -0.465 e. The molecule has 0 spiro atoms. The van der Waals surface area contributed by atoms with Crippen molar-refractivity contribution in [3.05, 3.63) is 59.5 Å². The van der Waals surface area contributed by atoms with Gasteiger partial charge in [0.25, 0.3) is 0 Å². The van der Waals surface area contributed by atoms with Gasteiger partial charge in [0.1, 0.15) is 11.5 Å². The Balaban J connectivity index is 2.36. The summed E-state index contributed by atoms with van der Waals surface area (Å²) in [4.78, 5) is 12.5. The number of carbonyl (C=O) groups excluding carboxylic acids is 1. The Morgan fingerprint density at radius 1 is 1.05 bits per heavy atom. The van der Waals surface area contributed by atoms with E-state index in [-0.39, 0.29) is 5.78 Å². The largest absolute Gasteiger partial charge is 0.465 e. The van der Waals surface area contributed by atoms with E-state index in [1.165, 1.54) is 5.39 Å². The molecule has 1 heterocycles. The van der Waals surface area contributed by atoms with Gasteiger partial charge in [-0.2, -0.15) is 0 Å². The lowest BCUT2D eigenvalue weighted by Crippen LogP contribution is -2.01. The van der Waals surface area contributed by atoms with Crippen LogP contribution in [0.4, 0.5) is 0 Å². The zero-order valence-electron chi connectivity index (χ0n) is 13.3. The highest BCUT2D eigenvalue weighted by Crippen LogP contribution is 2.37. The van der Waals surface area contributed by atoms with Crippen LogP contribution in [-0.2, 0) is 6.42 Å². The fraction of sp³-hybridized carbons (Fsp3) is 0.250. The van der Waals surface area contributed by atoms with E-state index in [9.17, 15) is 4.79 Å². The van der Waals surface area contributed by atoms with Crippen molar-refractivity contribution in [3.8, 4) is 11.1 Å². The van der Waals surface area contributed by atoms with Crippen molar-refractivity contribution in [2.45, 2.75) is 33.6 Å². The number of furan rings is 1. The van der Waals surface area contributed by atoms with Crippen LogP contribution in [-0.4, -0.2) is 5.78 Å². The maximum absolute atomic E-state index is 12.5. The molecule has 0 N–H and O–H groups in total. The van der Waals surface area contributed by atoms with E-state index >= 15 is 0 Å². The molecule has 3 rings (SSSR count). The van der Waals surface area contributed by atoms with Crippen molar-refractivity contribution in [1.29, 1.82) is 0 Å². The fourth-order valence-electron chi connectivity index (χ4n) is 3.09. The first-order chi connectivity index (χ1) is 10.7. The molecular weight excluding hydrogens is 272 g/mol. The second-order valence-electron chi connectivity index (χ2n) is 5.49. The third-order valence-corrected chi connectivity index (χ3v) is 4.14. The number of aryl methyl sites for hydroxylation is 2. The van der Waals surface area contributed by atoms with Gasteiger partial charge in [-0.15, -0.1) is 0 Å². The van der Waals surface area contributed by atoms with E-state index in [1.54, 1.807) is 0 Å². The Morgan fingerprint density at radius 3 is 2.50 bits per heavy atom. The summed E-state index contributed by atoms with van der Waals surface area (Å²) in [6.45, 7) is 5.87. The van der Waals surface area contributed by atoms with Crippen LogP contribution in [0.3, 0.4) is 0 Å². The summed E-state index contributed by atoms with van der Waals surface area (Å²) in [5.41, 5.74) is 2.80. The topological polar surface area (TPSA) is 30.2 Å². The first-order valence-corrected chi connectivity index (χ1v) is 7.81. The quantitative estimate of drug-likeness (QED) is 0.589. The summed E-state index contributed by atoms with van der Waals surface area (Å²) in [5.74, 6) is 1.77. The van der Waals surface area contributed by atoms with Gasteiger partial charge >= 0.3 is 0 Å². The zero-order valence-corrected chi connectivity index (χ0v) is 13.3. The van der Waals surface area contributed by atoms with Crippen molar-refractivity contribution in [1.82, 2.24) is 0 Å². The average Bonchev–Trinajstić information content (AvgIpc) is 2.90. The zero-order chi connectivity index (χ0) is 15.7. The van der Waals surface area contributed by atoms with Crippen LogP contribution in [0.1, 0.15) is 42.1 Å². The van der Waals surface area contributed by atoms with Crippen LogP contribution in [0.5, 0.6) is 0 Å². The van der Waals surface area contributed by atoms with Crippen molar-refractivity contribution < 1.29 is 9.21 Å². The van der Waals surface area contributed by atoms with Crippen molar-refractivity contribution in [2.75, 3.05) is 0 Å². The maximum atomic E-state index is 12.5. The molecule has 0 saturated heterocycles. The third kappa shape index (κ3) is 2.25. The van der Waals surface area contributed by atoms with Gasteiger partial charge in [-0.1, -0.05) is 56.3 Å². The Hall–Kier alpha value is -2.35. The summed E-state index contributed by atoms with van der Waals surface area (Å²) in [5, 5.41) is 2.33. The van der Waals surface area contributed by atoms with Crippen LogP contribution in [0.15, 0.2) is 46.9 Å². The van der Waals surface area contributed by atoms with Gasteiger partial charge in [0.05, 0.1) is 5.56 Å². The molecule has 2 heteroatoms. The lowest BCUT2D eigenvalue weighted by Gasteiger charge is -2.08. The van der Waals surface area contributed by atoms with Gasteiger partial charge in [0.15, 0.2) is 5.78 Å². The SMILES string of the molecule is CCC(=O)c1c(CC)oc(C)c1-c1cccc2ccccc12. The highest BCUT2D eigenvalue weighted by atomic mass is 16.3. The lowest BCUT2D eigenvalue weighted by atomic mass is 9.92. The van der Waals surface area contributed by atoms with Crippen LogP contribution in [0.25, 0.3) is 21.9 Å². The molecule has 0 bridgehead atoms. The molecule has 0 atom stereocenters. The van der Waals surface area contributed by atoms with E-state index in [0.29, 0.717) is 6.42 Å². The highest BCUT2D eigenvalue weighted by Gasteiger charge is 2.23. The summed E-state index contributed by atoms with van der Waals surface area (Å²) < 4.78 is 5.90. The van der Waals surface area contributed by atoms with Gasteiger partial charge in [0.2, 0.25) is 0 Å². The third-order valence-electron chi connectivity index (χ3n) is 4.14. The maximum Gasteiger partial charge on any atom is 0.166 e. The molecule has 1 aromatic heterocycles. The number of ketones is 1. The van der Waals surface area contributed by atoms with Crippen LogP contribution in [0.2, 0.25) is 0 Å². The Bertz CT molecular complexity index is 835. The number of fused-ring (bicyclic) bond motifs is 1. The van der Waals surface area contributed by atoms with Crippen molar-refractivity contribution in [3.63, 3.8) is 0 Å². The van der Waals surface area contributed by atoms with E-state index in [0.717, 1.165) is 40.0 Å². The van der Waals surface area contributed by atoms with E-state index in [4.69, 9.17) is 4.42 Å². The second-order valence-corrected chi connectivity index (χ2v) is 5.49. The minimum atomic E-state index is 0.150. The smallest absolute Gasteiger partial charge is 0.166 e. The van der Waals surface area contributed by atoms with E-state index in [2.05, 4.69) is 24.3 Å². The molecule has 0 amide bonds. The minimum absolute atomic E-state index is 0.150. The molecule has 22 heavy (non-hydrogen) atoms. The van der Waals surface area contributed by atoms with Gasteiger partial charge in [-0.25, -0.2) is 0 Å². The molecule has 0 aliphatic carbocycles. The number of carbonyl (C=O) groups is 1. The fourth-order valence-corrected chi connectivity index (χ4v) is 3.09. The van der Waals surface area contributed by atoms with Crippen molar-refractivity contribution in [2.24, 2.45) is 0 Å². The van der Waals surface area contributed by atoms with Crippen LogP contribution < -0.4 is 0 Å². The number of benzene rings is 2. The molecular formula is C20H20O2. The molecule has 0 fully saturated rings. The van der Waals surface area contributed by atoms with Crippen molar-refractivity contribution >= 4 is 16.6 Å². The summed E-state index contributed by atoms with van der Waals surface area (Å²) in [6.07, 6.45) is 1.22. The number of rotatable bonds is 4. The van der Waals surface area contributed by atoms with Gasteiger partial charge < -0.3 is 4.42 Å². The first-order valence-electron chi connectivity index (χ1n) is 7.81. The Kier molecular flexibility index (Phi) is 3.84. The second kappa shape index (κ2) is 5.80. The molecule has 0 aliphatic rings. The molecule has 0 radical (unpaired) electrons. The molecule has 0 saturated carbocycles. The summed E-state index contributed by atoms with van der Waals surface area (Å²) >= 11 is 0. The summed E-state index contributed by atoms with van der Waals surface area (Å²) in [7, 11) is 0. The monoisotopic (exact) mass is 292 g/mol. The molecule has 0 aliphatic heterocycles. The number of Topliss-reactive ketones (excluding diaryl/α,β-unsaturated/α-hetero) is 1. The lowest BCUT2D eigenvalue weighted by molar-refractivity contribution is 0.0987. The Morgan fingerprint density at radius 2 is 1.77 bits per heavy atom. The standard InChI is InChI=1S/C20H20O2/c1-4-17(21)20-18(5-2)22-13(3)19(20)16-12-8-10-14-9-6-7-11-15(14)16/h6-12H,4-5H2,1-3H3. The number of hydrogen-bond donors (Lipinski definition) is 0. The van der Waals surface area contributed by atoms with Gasteiger partial charge in [-0.05, 0) is 23.3 Å². The normalized spacial score (nSPS) is 11.0. The van der Waals surface area contributed by atoms with Gasteiger partial charge in [0, 0.05) is 18.4 Å². The van der Waals surface area contributed by atoms with E-state index in [1.807, 2.05) is 39.0 Å². The predicted octanol–water partition coefficient (Wildman–Crippen LogP) is 5.56. The Labute approximate surface area is 130 Å². The molecule has 2 aromatic carbocycles.